The lowest BCUT2D eigenvalue weighted by molar-refractivity contribution is 0.0975. The first-order chi connectivity index (χ1) is 12.7. The molecule has 0 aromatic heterocycles. The fourth-order valence-corrected chi connectivity index (χ4v) is 3.16. The van der Waals surface area contributed by atoms with Gasteiger partial charge in [-0.15, -0.1) is 0 Å². The number of nitrogens with one attached hydrogen (secondary N) is 1. The van der Waals surface area contributed by atoms with Crippen molar-refractivity contribution in [1.82, 2.24) is 0 Å². The summed E-state index contributed by atoms with van der Waals surface area (Å²) >= 11 is 0. The van der Waals surface area contributed by atoms with Crippen molar-refractivity contribution >= 4 is 17.3 Å². The number of carbonyl (C=O) groups excluding carboxylic acids is 1. The van der Waals surface area contributed by atoms with Gasteiger partial charge in [0.05, 0.1) is 17.2 Å². The second-order valence-electron chi connectivity index (χ2n) is 5.98. The van der Waals surface area contributed by atoms with E-state index in [1.165, 1.54) is 17.0 Å². The number of rotatable bonds is 2. The first kappa shape index (κ1) is 15.9. The molecule has 1 aliphatic heterocycles. The molecule has 1 atom stereocenters. The van der Waals surface area contributed by atoms with Gasteiger partial charge in [0, 0.05) is 11.4 Å². The summed E-state index contributed by atoms with van der Waals surface area (Å²) in [5, 5.41) is 12.5. The number of hydrogen-bond acceptors (Lipinski definition) is 3. The molecule has 1 aliphatic rings. The fourth-order valence-electron chi connectivity index (χ4n) is 3.16. The van der Waals surface area contributed by atoms with Crippen LogP contribution in [0.3, 0.4) is 0 Å². The molecule has 0 fully saturated rings. The molecule has 3 aromatic carbocycles. The van der Waals surface area contributed by atoms with E-state index in [-0.39, 0.29) is 5.91 Å². The van der Waals surface area contributed by atoms with Crippen LogP contribution >= 0.6 is 0 Å². The van der Waals surface area contributed by atoms with E-state index < -0.39 is 12.0 Å². The van der Waals surface area contributed by atoms with E-state index >= 15 is 0 Å². The number of para-hydroxylation sites is 1. The summed E-state index contributed by atoms with van der Waals surface area (Å²) in [7, 11) is 0. The number of benzene rings is 3. The minimum atomic E-state index is -0.549. The van der Waals surface area contributed by atoms with Crippen molar-refractivity contribution in [3.8, 4) is 6.07 Å². The Labute approximate surface area is 150 Å². The van der Waals surface area contributed by atoms with E-state index in [0.29, 0.717) is 22.5 Å². The molecule has 126 valence electrons. The first-order valence-electron chi connectivity index (χ1n) is 8.12. The second-order valence-corrected chi connectivity index (χ2v) is 5.98. The van der Waals surface area contributed by atoms with Gasteiger partial charge in [-0.2, -0.15) is 5.26 Å². The number of carbonyl (C=O) groups is 1. The van der Waals surface area contributed by atoms with Crippen molar-refractivity contribution in [3.05, 3.63) is 95.3 Å². The number of nitrogens with zero attached hydrogens (tertiary/aromatic N) is 2. The van der Waals surface area contributed by atoms with E-state index in [0.717, 1.165) is 5.56 Å². The van der Waals surface area contributed by atoms with Crippen LogP contribution in [0.15, 0.2) is 72.8 Å². The minimum Gasteiger partial charge on any atom is -0.360 e. The van der Waals surface area contributed by atoms with Crippen LogP contribution < -0.4 is 10.2 Å². The summed E-state index contributed by atoms with van der Waals surface area (Å²) in [6.45, 7) is 0. The lowest BCUT2D eigenvalue weighted by Crippen LogP contribution is -2.43. The van der Waals surface area contributed by atoms with Crippen LogP contribution in [0.1, 0.15) is 27.7 Å². The number of fused-ring (bicyclic) bond motifs is 1. The van der Waals surface area contributed by atoms with Crippen LogP contribution in [-0.2, 0) is 0 Å². The largest absolute Gasteiger partial charge is 0.360 e. The summed E-state index contributed by atoms with van der Waals surface area (Å²) in [5.41, 5.74) is 2.91. The Morgan fingerprint density at radius 2 is 1.81 bits per heavy atom. The Bertz CT molecular complexity index is 1040. The van der Waals surface area contributed by atoms with E-state index in [1.54, 1.807) is 42.5 Å². The third-order valence-electron chi connectivity index (χ3n) is 4.34. The molecule has 1 amide bonds. The van der Waals surface area contributed by atoms with Crippen molar-refractivity contribution in [2.24, 2.45) is 0 Å². The zero-order chi connectivity index (χ0) is 18.1. The van der Waals surface area contributed by atoms with Gasteiger partial charge in [0.2, 0.25) is 0 Å². The summed E-state index contributed by atoms with van der Waals surface area (Å²) in [6, 6.07) is 22.3. The van der Waals surface area contributed by atoms with Crippen LogP contribution in [-0.4, -0.2) is 5.91 Å². The van der Waals surface area contributed by atoms with Crippen LogP contribution in [0, 0.1) is 17.1 Å². The average Bonchev–Trinajstić information content (AvgIpc) is 2.68. The zero-order valence-electron chi connectivity index (χ0n) is 13.7. The standard InChI is InChI=1S/C21H14FN3O/c22-16-7-4-8-17(12-16)25-20(15-6-3-5-14(11-15)13-23)24-19-10-2-1-9-18(19)21(25)26/h1-12,20,24H/t20-/m1/s1. The quantitative estimate of drug-likeness (QED) is 0.747. The predicted octanol–water partition coefficient (Wildman–Crippen LogP) is 4.47. The first-order valence-corrected chi connectivity index (χ1v) is 8.12. The number of hydrogen-bond donors (Lipinski definition) is 1. The molecular weight excluding hydrogens is 329 g/mol. The van der Waals surface area contributed by atoms with Crippen LogP contribution in [0.5, 0.6) is 0 Å². The van der Waals surface area contributed by atoms with Crippen LogP contribution in [0.4, 0.5) is 15.8 Å². The maximum atomic E-state index is 13.8. The van der Waals surface area contributed by atoms with Gasteiger partial charge in [0.15, 0.2) is 0 Å². The Morgan fingerprint density at radius 1 is 1.00 bits per heavy atom. The maximum absolute atomic E-state index is 13.8. The number of amides is 1. The third kappa shape index (κ3) is 2.68. The SMILES string of the molecule is N#Cc1cccc([C@@H]2Nc3ccccc3C(=O)N2c2cccc(F)c2)c1. The molecular formula is C21H14FN3O. The van der Waals surface area contributed by atoms with Gasteiger partial charge in [-0.05, 0) is 48.0 Å². The van der Waals surface area contributed by atoms with E-state index in [9.17, 15) is 14.4 Å². The summed E-state index contributed by atoms with van der Waals surface area (Å²) in [4.78, 5) is 14.7. The maximum Gasteiger partial charge on any atom is 0.262 e. The number of anilines is 2. The van der Waals surface area contributed by atoms with Gasteiger partial charge in [-0.1, -0.05) is 30.3 Å². The summed E-state index contributed by atoms with van der Waals surface area (Å²) in [5.74, 6) is -0.643. The van der Waals surface area contributed by atoms with Crippen molar-refractivity contribution in [2.75, 3.05) is 10.2 Å². The smallest absolute Gasteiger partial charge is 0.262 e. The summed E-state index contributed by atoms with van der Waals surface area (Å²) < 4.78 is 13.8. The molecule has 0 unspecified atom stereocenters. The molecule has 1 heterocycles. The number of halogens is 1. The Kier molecular flexibility index (Phi) is 3.86. The van der Waals surface area contributed by atoms with Gasteiger partial charge in [0.25, 0.3) is 5.91 Å². The fraction of sp³-hybridized carbons (Fsp3) is 0.0476. The highest BCUT2D eigenvalue weighted by Gasteiger charge is 2.34. The highest BCUT2D eigenvalue weighted by atomic mass is 19.1. The average molecular weight is 343 g/mol. The van der Waals surface area contributed by atoms with E-state index in [2.05, 4.69) is 11.4 Å². The van der Waals surface area contributed by atoms with Gasteiger partial charge < -0.3 is 5.32 Å². The van der Waals surface area contributed by atoms with Crippen LogP contribution in [0.25, 0.3) is 0 Å². The van der Waals surface area contributed by atoms with Crippen molar-refractivity contribution in [3.63, 3.8) is 0 Å². The normalized spacial score (nSPS) is 15.8. The van der Waals surface area contributed by atoms with Crippen LogP contribution in [0.2, 0.25) is 0 Å². The zero-order valence-corrected chi connectivity index (χ0v) is 13.7. The van der Waals surface area contributed by atoms with Crippen molar-refractivity contribution in [2.45, 2.75) is 6.17 Å². The molecule has 3 aromatic rings. The predicted molar refractivity (Wildman–Crippen MR) is 97.2 cm³/mol. The highest BCUT2D eigenvalue weighted by Crippen LogP contribution is 2.36. The molecule has 0 spiro atoms. The third-order valence-corrected chi connectivity index (χ3v) is 4.34. The monoisotopic (exact) mass is 343 g/mol. The lowest BCUT2D eigenvalue weighted by atomic mass is 10.0. The topological polar surface area (TPSA) is 56.1 Å². The number of nitriles is 1. The molecule has 0 bridgehead atoms. The molecule has 0 radical (unpaired) electrons. The Hall–Kier alpha value is -3.65. The Balaban J connectivity index is 1.89. The molecule has 4 rings (SSSR count). The molecule has 0 saturated carbocycles. The Morgan fingerprint density at radius 3 is 2.62 bits per heavy atom. The van der Waals surface area contributed by atoms with Gasteiger partial charge in [-0.25, -0.2) is 4.39 Å². The molecule has 0 aliphatic carbocycles. The molecule has 26 heavy (non-hydrogen) atoms. The van der Waals surface area contributed by atoms with E-state index in [1.807, 2.05) is 18.2 Å². The van der Waals surface area contributed by atoms with Gasteiger partial charge >= 0.3 is 0 Å². The molecule has 5 heteroatoms. The second kappa shape index (κ2) is 6.34. The highest BCUT2D eigenvalue weighted by molar-refractivity contribution is 6.12. The van der Waals surface area contributed by atoms with Gasteiger partial charge in [0.1, 0.15) is 12.0 Å². The molecule has 1 N–H and O–H groups in total. The van der Waals surface area contributed by atoms with Crippen molar-refractivity contribution < 1.29 is 9.18 Å². The molecule has 0 saturated heterocycles. The van der Waals surface area contributed by atoms with Gasteiger partial charge in [-0.3, -0.25) is 9.69 Å². The molecule has 4 nitrogen and oxygen atoms in total. The summed E-state index contributed by atoms with van der Waals surface area (Å²) in [6.07, 6.45) is -0.549. The van der Waals surface area contributed by atoms with Crippen molar-refractivity contribution in [1.29, 1.82) is 5.26 Å². The lowest BCUT2D eigenvalue weighted by Gasteiger charge is -2.38. The van der Waals surface area contributed by atoms with E-state index in [4.69, 9.17) is 0 Å². The minimum absolute atomic E-state index is 0.225.